The van der Waals surface area contributed by atoms with E-state index < -0.39 is 79.6 Å². The van der Waals surface area contributed by atoms with Crippen molar-refractivity contribution >= 4 is 23.3 Å². The average molecular weight is 556 g/mol. The van der Waals surface area contributed by atoms with Crippen LogP contribution in [0.4, 0.5) is 26.3 Å². The van der Waals surface area contributed by atoms with Gasteiger partial charge in [-0.25, -0.2) is 0 Å². The van der Waals surface area contributed by atoms with Crippen LogP contribution in [0.15, 0.2) is 59.6 Å². The number of nitrogens with one attached hydrogen (secondary N) is 1. The van der Waals surface area contributed by atoms with E-state index >= 15 is 0 Å². The van der Waals surface area contributed by atoms with Crippen molar-refractivity contribution in [2.24, 2.45) is 22.6 Å². The Labute approximate surface area is 220 Å². The Morgan fingerprint density at radius 3 is 2.00 bits per heavy atom. The number of nitrogens with zero attached hydrogens (tertiary/aromatic N) is 1. The minimum Gasteiger partial charge on any atom is -0.369 e. The molecule has 1 unspecified atom stereocenters. The van der Waals surface area contributed by atoms with Crippen molar-refractivity contribution in [3.05, 3.63) is 71.3 Å². The van der Waals surface area contributed by atoms with Crippen LogP contribution in [0, 0.1) is 11.8 Å². The maximum atomic E-state index is 13.4. The number of Topliss-reactive ketones (excluding diaryl/α,β-unsaturated/α-hetero) is 1. The van der Waals surface area contributed by atoms with Crippen LogP contribution in [-0.4, -0.2) is 41.8 Å². The van der Waals surface area contributed by atoms with Crippen LogP contribution in [-0.2, 0) is 14.4 Å². The van der Waals surface area contributed by atoms with Gasteiger partial charge in [0.05, 0.1) is 5.71 Å². The molecule has 0 fully saturated rings. The maximum Gasteiger partial charge on any atom is 0.389 e. The molecule has 4 atom stereocenters. The Bertz CT molecular complexity index is 1230. The summed E-state index contributed by atoms with van der Waals surface area (Å²) in [6, 6.07) is 15.6. The minimum absolute atomic E-state index is 0.338. The molecule has 0 saturated carbocycles. The first-order valence-corrected chi connectivity index (χ1v) is 12.2. The van der Waals surface area contributed by atoms with Gasteiger partial charge in [0, 0.05) is 41.7 Å². The molecule has 2 aromatic carbocycles. The molecule has 0 saturated heterocycles. The summed E-state index contributed by atoms with van der Waals surface area (Å²) in [6.07, 6.45) is -16.1. The summed E-state index contributed by atoms with van der Waals surface area (Å²) in [4.78, 5) is 43.2. The molecule has 1 aliphatic heterocycles. The van der Waals surface area contributed by atoms with Crippen molar-refractivity contribution in [3.63, 3.8) is 0 Å². The number of aliphatic imine (C=N–C) groups is 1. The van der Waals surface area contributed by atoms with Gasteiger partial charge in [-0.15, -0.1) is 0 Å². The van der Waals surface area contributed by atoms with Crippen molar-refractivity contribution in [2.45, 2.75) is 57.0 Å². The van der Waals surface area contributed by atoms with Crippen molar-refractivity contribution < 1.29 is 40.7 Å². The van der Waals surface area contributed by atoms with Gasteiger partial charge in [0.15, 0.2) is 11.9 Å². The molecule has 0 radical (unpaired) electrons. The third-order valence-corrected chi connectivity index (χ3v) is 6.63. The van der Waals surface area contributed by atoms with E-state index in [-0.39, 0.29) is 0 Å². The number of benzene rings is 2. The van der Waals surface area contributed by atoms with E-state index in [0.717, 1.165) is 0 Å². The highest BCUT2D eigenvalue weighted by Gasteiger charge is 2.41. The molecule has 0 spiro atoms. The number of primary amides is 1. The highest BCUT2D eigenvalue weighted by atomic mass is 19.4. The second-order valence-corrected chi connectivity index (χ2v) is 9.39. The standard InChI is InChI=1S/C27H27F6N3O3/c1-15-17-9-5-6-10-18(17)21(16-7-3-2-4-8-16)35-24(22(15)37)36-25(39)20(12-14-27(31,32)33)19(23(34)38)11-13-26(28,29)30/h2-10,15,19-20,24H,11-14H2,1H3,(H2,34,38)(H,36,39)/t15?,19-,20+,24+/m0/s1. The quantitative estimate of drug-likeness (QED) is 0.423. The van der Waals surface area contributed by atoms with Gasteiger partial charge in [-0.05, 0) is 18.4 Å². The predicted molar refractivity (Wildman–Crippen MR) is 131 cm³/mol. The largest absolute Gasteiger partial charge is 0.389 e. The zero-order valence-electron chi connectivity index (χ0n) is 20.9. The second kappa shape index (κ2) is 12.0. The second-order valence-electron chi connectivity index (χ2n) is 9.39. The smallest absolute Gasteiger partial charge is 0.369 e. The Balaban J connectivity index is 2.00. The molecule has 39 heavy (non-hydrogen) atoms. The van der Waals surface area contributed by atoms with Crippen LogP contribution in [0.2, 0.25) is 0 Å². The molecule has 0 bridgehead atoms. The fraction of sp³-hybridized carbons (Fsp3) is 0.407. The Hall–Kier alpha value is -3.70. The summed E-state index contributed by atoms with van der Waals surface area (Å²) in [7, 11) is 0. The third-order valence-electron chi connectivity index (χ3n) is 6.63. The van der Waals surface area contributed by atoms with Gasteiger partial charge in [-0.2, -0.15) is 26.3 Å². The normalized spacial score (nSPS) is 19.4. The SMILES string of the molecule is CC1C(=O)[C@@H](NC(=O)[C@H](CCC(F)(F)F)[C@H](CCC(F)(F)F)C(N)=O)N=C(c2ccccc2)c2ccccc21. The van der Waals surface area contributed by atoms with Crippen molar-refractivity contribution in [1.29, 1.82) is 0 Å². The van der Waals surface area contributed by atoms with E-state index in [2.05, 4.69) is 10.3 Å². The number of amides is 2. The topological polar surface area (TPSA) is 102 Å². The fourth-order valence-electron chi connectivity index (χ4n) is 4.61. The first kappa shape index (κ1) is 29.9. The summed E-state index contributed by atoms with van der Waals surface area (Å²) in [5.74, 6) is -7.64. The van der Waals surface area contributed by atoms with Gasteiger partial charge in [0.2, 0.25) is 11.8 Å². The summed E-state index contributed by atoms with van der Waals surface area (Å²) in [5.41, 5.74) is 7.39. The Morgan fingerprint density at radius 1 is 0.897 bits per heavy atom. The molecule has 1 heterocycles. The molecular formula is C27H27F6N3O3. The number of hydrogen-bond acceptors (Lipinski definition) is 4. The molecule has 6 nitrogen and oxygen atoms in total. The number of alkyl halides is 6. The summed E-state index contributed by atoms with van der Waals surface area (Å²) in [6.45, 7) is 1.58. The molecule has 1 aliphatic rings. The van der Waals surface area contributed by atoms with E-state index in [9.17, 15) is 40.7 Å². The highest BCUT2D eigenvalue weighted by molar-refractivity contribution is 6.16. The Morgan fingerprint density at radius 2 is 1.44 bits per heavy atom. The van der Waals surface area contributed by atoms with Gasteiger partial charge in [-0.1, -0.05) is 61.5 Å². The van der Waals surface area contributed by atoms with Crippen LogP contribution in [0.5, 0.6) is 0 Å². The Kier molecular flexibility index (Phi) is 9.18. The van der Waals surface area contributed by atoms with Crippen molar-refractivity contribution in [1.82, 2.24) is 5.32 Å². The van der Waals surface area contributed by atoms with E-state index in [1.165, 1.54) is 0 Å². The first-order valence-electron chi connectivity index (χ1n) is 12.2. The molecule has 3 rings (SSSR count). The molecule has 2 amide bonds. The number of hydrogen-bond donors (Lipinski definition) is 2. The van der Waals surface area contributed by atoms with Crippen LogP contribution < -0.4 is 11.1 Å². The third kappa shape index (κ3) is 7.90. The van der Waals surface area contributed by atoms with E-state index in [4.69, 9.17) is 5.73 Å². The summed E-state index contributed by atoms with van der Waals surface area (Å²) in [5, 5.41) is 2.31. The molecule has 2 aromatic rings. The van der Waals surface area contributed by atoms with Gasteiger partial charge < -0.3 is 11.1 Å². The van der Waals surface area contributed by atoms with Crippen molar-refractivity contribution in [2.75, 3.05) is 0 Å². The van der Waals surface area contributed by atoms with Gasteiger partial charge >= 0.3 is 12.4 Å². The van der Waals surface area contributed by atoms with E-state index in [0.29, 0.717) is 22.4 Å². The van der Waals surface area contributed by atoms with E-state index in [1.54, 1.807) is 61.5 Å². The van der Waals surface area contributed by atoms with E-state index in [1.807, 2.05) is 0 Å². The van der Waals surface area contributed by atoms with Crippen LogP contribution in [0.3, 0.4) is 0 Å². The van der Waals surface area contributed by atoms with Gasteiger partial charge in [0.1, 0.15) is 0 Å². The number of ketones is 1. The average Bonchev–Trinajstić information content (AvgIpc) is 2.95. The zero-order valence-corrected chi connectivity index (χ0v) is 20.9. The molecular weight excluding hydrogens is 528 g/mol. The van der Waals surface area contributed by atoms with Crippen LogP contribution in [0.25, 0.3) is 0 Å². The lowest BCUT2D eigenvalue weighted by molar-refractivity contribution is -0.152. The zero-order chi connectivity index (χ0) is 29.0. The molecule has 3 N–H and O–H groups in total. The monoisotopic (exact) mass is 555 g/mol. The molecule has 210 valence electrons. The molecule has 12 heteroatoms. The maximum absolute atomic E-state index is 13.4. The number of halogens is 6. The van der Waals surface area contributed by atoms with Gasteiger partial charge in [0.25, 0.3) is 0 Å². The van der Waals surface area contributed by atoms with Crippen LogP contribution in [0.1, 0.15) is 55.2 Å². The molecule has 0 aliphatic carbocycles. The fourth-order valence-corrected chi connectivity index (χ4v) is 4.61. The highest BCUT2D eigenvalue weighted by Crippen LogP contribution is 2.33. The lowest BCUT2D eigenvalue weighted by Crippen LogP contribution is -2.47. The summed E-state index contributed by atoms with van der Waals surface area (Å²) >= 11 is 0. The lowest BCUT2D eigenvalue weighted by Gasteiger charge is -2.26. The number of fused-ring (bicyclic) bond motifs is 1. The number of rotatable bonds is 9. The molecule has 0 aromatic heterocycles. The minimum atomic E-state index is -4.75. The lowest BCUT2D eigenvalue weighted by atomic mass is 9.83. The number of nitrogens with two attached hydrogens (primary N) is 1. The number of carbonyl (C=O) groups excluding carboxylic acids is 3. The van der Waals surface area contributed by atoms with Gasteiger partial charge in [-0.3, -0.25) is 19.4 Å². The predicted octanol–water partition coefficient (Wildman–Crippen LogP) is 5.06. The summed E-state index contributed by atoms with van der Waals surface area (Å²) < 4.78 is 77.7. The number of carbonyl (C=O) groups is 3. The van der Waals surface area contributed by atoms with Crippen molar-refractivity contribution in [3.8, 4) is 0 Å². The van der Waals surface area contributed by atoms with Crippen LogP contribution >= 0.6 is 0 Å². The first-order chi connectivity index (χ1) is 18.2.